The van der Waals surface area contributed by atoms with E-state index in [1.54, 1.807) is 43.3 Å². The van der Waals surface area contributed by atoms with Gasteiger partial charge in [-0.15, -0.1) is 0 Å². The van der Waals surface area contributed by atoms with Crippen LogP contribution in [0.2, 0.25) is 0 Å². The van der Waals surface area contributed by atoms with E-state index >= 15 is 0 Å². The van der Waals surface area contributed by atoms with Gasteiger partial charge in [-0.3, -0.25) is 9.59 Å². The van der Waals surface area contributed by atoms with Crippen molar-refractivity contribution in [3.8, 4) is 17.2 Å². The first-order valence-electron chi connectivity index (χ1n) is 8.30. The third kappa shape index (κ3) is 3.64. The summed E-state index contributed by atoms with van der Waals surface area (Å²) in [6.45, 7) is 5.11. The SMILES string of the molecule is CC(=O)Oc1ccc2c(c1C)OC(C)(COc1ccc(N)cc1)CC2=O. The standard InChI is InChI=1S/C20H21NO5/c1-12-18(25-13(2)22)9-8-16-17(23)10-20(3,26-19(12)16)11-24-15-6-4-14(21)5-7-15/h4-9H,10-11,21H2,1-3H3. The van der Waals surface area contributed by atoms with Gasteiger partial charge in [-0.25, -0.2) is 0 Å². The van der Waals surface area contributed by atoms with Crippen molar-refractivity contribution in [3.63, 3.8) is 0 Å². The van der Waals surface area contributed by atoms with E-state index in [1.165, 1.54) is 6.92 Å². The zero-order valence-corrected chi connectivity index (χ0v) is 15.0. The lowest BCUT2D eigenvalue weighted by Crippen LogP contribution is -2.44. The Balaban J connectivity index is 1.83. The molecule has 6 nitrogen and oxygen atoms in total. The van der Waals surface area contributed by atoms with E-state index < -0.39 is 11.6 Å². The van der Waals surface area contributed by atoms with Crippen LogP contribution < -0.4 is 19.9 Å². The molecule has 0 amide bonds. The summed E-state index contributed by atoms with van der Waals surface area (Å²) < 4.78 is 17.1. The van der Waals surface area contributed by atoms with E-state index in [0.29, 0.717) is 34.1 Å². The second kappa shape index (κ2) is 6.71. The topological polar surface area (TPSA) is 87.8 Å². The number of esters is 1. The second-order valence-electron chi connectivity index (χ2n) is 6.67. The predicted molar refractivity (Wildman–Crippen MR) is 96.8 cm³/mol. The fourth-order valence-electron chi connectivity index (χ4n) is 2.89. The molecule has 0 radical (unpaired) electrons. The van der Waals surface area contributed by atoms with E-state index in [9.17, 15) is 9.59 Å². The van der Waals surface area contributed by atoms with Crippen LogP contribution in [-0.4, -0.2) is 24.0 Å². The van der Waals surface area contributed by atoms with Crippen molar-refractivity contribution in [2.75, 3.05) is 12.3 Å². The van der Waals surface area contributed by atoms with E-state index in [1.807, 2.05) is 6.92 Å². The zero-order chi connectivity index (χ0) is 18.9. The van der Waals surface area contributed by atoms with Crippen LogP contribution in [0, 0.1) is 6.92 Å². The highest BCUT2D eigenvalue weighted by molar-refractivity contribution is 6.01. The molecule has 0 aliphatic carbocycles. The summed E-state index contributed by atoms with van der Waals surface area (Å²) in [6.07, 6.45) is 0.196. The van der Waals surface area contributed by atoms with Gasteiger partial charge in [0.1, 0.15) is 29.5 Å². The van der Waals surface area contributed by atoms with Gasteiger partial charge in [0, 0.05) is 18.2 Å². The van der Waals surface area contributed by atoms with Gasteiger partial charge in [0.2, 0.25) is 0 Å². The van der Waals surface area contributed by atoms with Crippen LogP contribution in [0.5, 0.6) is 17.2 Å². The zero-order valence-electron chi connectivity index (χ0n) is 15.0. The molecule has 6 heteroatoms. The number of carbonyl (C=O) groups is 2. The van der Waals surface area contributed by atoms with Crippen molar-refractivity contribution >= 4 is 17.4 Å². The molecule has 0 bridgehead atoms. The van der Waals surface area contributed by atoms with Crippen molar-refractivity contribution < 1.29 is 23.8 Å². The summed E-state index contributed by atoms with van der Waals surface area (Å²) in [5.74, 6) is 1.00. The Morgan fingerprint density at radius 1 is 1.23 bits per heavy atom. The van der Waals surface area contributed by atoms with Gasteiger partial charge >= 0.3 is 5.97 Å². The summed E-state index contributed by atoms with van der Waals surface area (Å²) in [5.41, 5.74) is 6.59. The lowest BCUT2D eigenvalue weighted by Gasteiger charge is -2.35. The highest BCUT2D eigenvalue weighted by atomic mass is 16.6. The maximum Gasteiger partial charge on any atom is 0.308 e. The molecule has 26 heavy (non-hydrogen) atoms. The fourth-order valence-corrected chi connectivity index (χ4v) is 2.89. The number of carbonyl (C=O) groups excluding carboxylic acids is 2. The number of benzene rings is 2. The Morgan fingerprint density at radius 2 is 1.92 bits per heavy atom. The smallest absolute Gasteiger partial charge is 0.308 e. The van der Waals surface area contributed by atoms with E-state index in [2.05, 4.69) is 0 Å². The number of fused-ring (bicyclic) bond motifs is 1. The molecule has 1 heterocycles. The summed E-state index contributed by atoms with van der Waals surface area (Å²) >= 11 is 0. The molecule has 2 aromatic rings. The Hall–Kier alpha value is -3.02. The van der Waals surface area contributed by atoms with Crippen LogP contribution in [0.4, 0.5) is 5.69 Å². The van der Waals surface area contributed by atoms with Gasteiger partial charge in [0.05, 0.1) is 12.0 Å². The Bertz CT molecular complexity index is 859. The van der Waals surface area contributed by atoms with Crippen molar-refractivity contribution in [1.82, 2.24) is 0 Å². The van der Waals surface area contributed by atoms with Crippen LogP contribution in [0.25, 0.3) is 0 Å². The Morgan fingerprint density at radius 3 is 2.58 bits per heavy atom. The molecular weight excluding hydrogens is 334 g/mol. The second-order valence-corrected chi connectivity index (χ2v) is 6.67. The van der Waals surface area contributed by atoms with Crippen molar-refractivity contribution in [1.29, 1.82) is 0 Å². The normalized spacial score (nSPS) is 18.7. The van der Waals surface area contributed by atoms with E-state index in [0.717, 1.165) is 0 Å². The highest BCUT2D eigenvalue weighted by Gasteiger charge is 2.38. The van der Waals surface area contributed by atoms with Gasteiger partial charge in [0.15, 0.2) is 5.78 Å². The first kappa shape index (κ1) is 17.8. The number of Topliss-reactive ketones (excluding diaryl/α,β-unsaturated/α-hetero) is 1. The first-order valence-corrected chi connectivity index (χ1v) is 8.30. The lowest BCUT2D eigenvalue weighted by molar-refractivity contribution is -0.131. The van der Waals surface area contributed by atoms with Crippen LogP contribution in [-0.2, 0) is 4.79 Å². The van der Waals surface area contributed by atoms with Crippen molar-refractivity contribution in [2.45, 2.75) is 32.8 Å². The van der Waals surface area contributed by atoms with Crippen LogP contribution in [0.15, 0.2) is 36.4 Å². The molecule has 136 valence electrons. The molecule has 2 aromatic carbocycles. The largest absolute Gasteiger partial charge is 0.489 e. The van der Waals surface area contributed by atoms with Crippen molar-refractivity contribution in [2.24, 2.45) is 0 Å². The van der Waals surface area contributed by atoms with Crippen LogP contribution >= 0.6 is 0 Å². The quantitative estimate of drug-likeness (QED) is 0.514. The molecule has 2 N–H and O–H groups in total. The molecular formula is C20H21NO5. The third-order valence-corrected chi connectivity index (χ3v) is 4.22. The molecule has 1 unspecified atom stereocenters. The molecule has 0 fully saturated rings. The summed E-state index contributed by atoms with van der Waals surface area (Å²) in [6, 6.07) is 10.3. The third-order valence-electron chi connectivity index (χ3n) is 4.22. The average molecular weight is 355 g/mol. The number of nitrogen functional groups attached to an aromatic ring is 1. The van der Waals surface area contributed by atoms with E-state index in [-0.39, 0.29) is 18.8 Å². The number of nitrogens with two attached hydrogens (primary N) is 1. The van der Waals surface area contributed by atoms with Crippen LogP contribution in [0.1, 0.15) is 36.2 Å². The molecule has 1 atom stereocenters. The predicted octanol–water partition coefficient (Wildman–Crippen LogP) is 3.31. The van der Waals surface area contributed by atoms with Gasteiger partial charge in [-0.1, -0.05) is 0 Å². The van der Waals surface area contributed by atoms with Gasteiger partial charge in [0.25, 0.3) is 0 Å². The molecule has 0 spiro atoms. The number of rotatable bonds is 4. The van der Waals surface area contributed by atoms with Gasteiger partial charge < -0.3 is 19.9 Å². The monoisotopic (exact) mass is 355 g/mol. The average Bonchev–Trinajstić information content (AvgIpc) is 2.57. The Kier molecular flexibility index (Phi) is 4.59. The van der Waals surface area contributed by atoms with Gasteiger partial charge in [-0.05, 0) is 50.2 Å². The maximum absolute atomic E-state index is 12.6. The Labute approximate surface area is 151 Å². The summed E-state index contributed by atoms with van der Waals surface area (Å²) in [5, 5.41) is 0. The summed E-state index contributed by atoms with van der Waals surface area (Å²) in [4.78, 5) is 23.8. The van der Waals surface area contributed by atoms with Crippen LogP contribution in [0.3, 0.4) is 0 Å². The lowest BCUT2D eigenvalue weighted by atomic mass is 9.90. The number of ether oxygens (including phenoxy) is 3. The number of anilines is 1. The summed E-state index contributed by atoms with van der Waals surface area (Å²) in [7, 11) is 0. The molecule has 3 rings (SSSR count). The minimum atomic E-state index is -0.828. The number of ketones is 1. The first-order chi connectivity index (χ1) is 12.3. The molecule has 0 aromatic heterocycles. The number of hydrogen-bond acceptors (Lipinski definition) is 6. The molecule has 1 aliphatic heterocycles. The fraction of sp³-hybridized carbons (Fsp3) is 0.300. The minimum Gasteiger partial charge on any atom is -0.489 e. The number of hydrogen-bond donors (Lipinski definition) is 1. The highest BCUT2D eigenvalue weighted by Crippen LogP contribution is 2.40. The molecule has 0 saturated carbocycles. The van der Waals surface area contributed by atoms with E-state index in [4.69, 9.17) is 19.9 Å². The molecule has 1 aliphatic rings. The minimum absolute atomic E-state index is 0.0351. The van der Waals surface area contributed by atoms with Crippen molar-refractivity contribution in [3.05, 3.63) is 47.5 Å². The van der Waals surface area contributed by atoms with Gasteiger partial charge in [-0.2, -0.15) is 0 Å². The maximum atomic E-state index is 12.6. The molecule has 0 saturated heterocycles.